The van der Waals surface area contributed by atoms with Crippen molar-refractivity contribution in [3.63, 3.8) is 0 Å². The van der Waals surface area contributed by atoms with Crippen LogP contribution in [-0.4, -0.2) is 5.91 Å². The normalized spacial score (nSPS) is 10.2. The van der Waals surface area contributed by atoms with Crippen LogP contribution in [0, 0.1) is 5.82 Å². The van der Waals surface area contributed by atoms with Crippen LogP contribution in [-0.2, 0) is 11.4 Å². The molecule has 104 valence electrons. The Bertz CT molecular complexity index is 594. The highest BCUT2D eigenvalue weighted by Gasteiger charge is 2.07. The number of benzene rings is 2. The Hall–Kier alpha value is -2.07. The molecule has 0 aromatic heterocycles. The van der Waals surface area contributed by atoms with Crippen molar-refractivity contribution in [3.05, 3.63) is 58.9 Å². The van der Waals surface area contributed by atoms with E-state index in [1.165, 1.54) is 13.0 Å². The van der Waals surface area contributed by atoms with Crippen LogP contribution in [0.5, 0.6) is 5.75 Å². The van der Waals surface area contributed by atoms with Crippen LogP contribution >= 0.6 is 11.6 Å². The molecule has 0 saturated carbocycles. The second-order valence-electron chi connectivity index (χ2n) is 4.19. The SMILES string of the molecule is CC(=O)Nc1ccc(OCc2c(F)cccc2Cl)cc1. The predicted octanol–water partition coefficient (Wildman–Crippen LogP) is 4.02. The highest BCUT2D eigenvalue weighted by Crippen LogP contribution is 2.22. The molecular weight excluding hydrogens is 281 g/mol. The van der Waals surface area contributed by atoms with Gasteiger partial charge in [0, 0.05) is 18.2 Å². The Kier molecular flexibility index (Phi) is 4.58. The summed E-state index contributed by atoms with van der Waals surface area (Å²) in [4.78, 5) is 10.9. The van der Waals surface area contributed by atoms with E-state index >= 15 is 0 Å². The number of carbonyl (C=O) groups is 1. The zero-order valence-corrected chi connectivity index (χ0v) is 11.6. The third-order valence-electron chi connectivity index (χ3n) is 2.62. The van der Waals surface area contributed by atoms with Gasteiger partial charge in [-0.15, -0.1) is 0 Å². The fourth-order valence-electron chi connectivity index (χ4n) is 1.66. The minimum absolute atomic E-state index is 0.0466. The molecule has 1 amide bonds. The van der Waals surface area contributed by atoms with Crippen LogP contribution in [0.25, 0.3) is 0 Å². The number of halogens is 2. The molecule has 0 fully saturated rings. The molecule has 0 heterocycles. The summed E-state index contributed by atoms with van der Waals surface area (Å²) in [5.74, 6) is 0.0302. The van der Waals surface area contributed by atoms with Crippen molar-refractivity contribution in [3.8, 4) is 5.75 Å². The minimum atomic E-state index is -0.396. The molecule has 0 radical (unpaired) electrons. The van der Waals surface area contributed by atoms with Gasteiger partial charge in [-0.2, -0.15) is 0 Å². The van der Waals surface area contributed by atoms with Crippen LogP contribution in [0.1, 0.15) is 12.5 Å². The fraction of sp³-hybridized carbons (Fsp3) is 0.133. The van der Waals surface area contributed by atoms with Crippen molar-refractivity contribution in [2.45, 2.75) is 13.5 Å². The van der Waals surface area contributed by atoms with Crippen molar-refractivity contribution < 1.29 is 13.9 Å². The van der Waals surface area contributed by atoms with Gasteiger partial charge in [-0.3, -0.25) is 4.79 Å². The molecule has 0 aliphatic heterocycles. The Labute approximate surface area is 121 Å². The Morgan fingerprint density at radius 3 is 2.55 bits per heavy atom. The van der Waals surface area contributed by atoms with Crippen LogP contribution in [0.15, 0.2) is 42.5 Å². The molecule has 2 rings (SSSR count). The number of hydrogen-bond donors (Lipinski definition) is 1. The Morgan fingerprint density at radius 2 is 1.95 bits per heavy atom. The van der Waals surface area contributed by atoms with E-state index in [1.807, 2.05) is 0 Å². The van der Waals surface area contributed by atoms with Crippen LogP contribution < -0.4 is 10.1 Å². The second-order valence-corrected chi connectivity index (χ2v) is 4.60. The zero-order chi connectivity index (χ0) is 14.5. The first-order chi connectivity index (χ1) is 9.56. The molecule has 1 N–H and O–H groups in total. The fourth-order valence-corrected chi connectivity index (χ4v) is 1.88. The van der Waals surface area contributed by atoms with Gasteiger partial charge in [0.2, 0.25) is 5.91 Å². The summed E-state index contributed by atoms with van der Waals surface area (Å²) in [7, 11) is 0. The van der Waals surface area contributed by atoms with Crippen LogP contribution in [0.3, 0.4) is 0 Å². The Balaban J connectivity index is 2.02. The van der Waals surface area contributed by atoms with Gasteiger partial charge >= 0.3 is 0 Å². The van der Waals surface area contributed by atoms with Gasteiger partial charge in [-0.1, -0.05) is 17.7 Å². The number of amides is 1. The van der Waals surface area contributed by atoms with Crippen molar-refractivity contribution in [2.24, 2.45) is 0 Å². The van der Waals surface area contributed by atoms with Gasteiger partial charge in [0.05, 0.1) is 5.02 Å². The maximum atomic E-state index is 13.5. The summed E-state index contributed by atoms with van der Waals surface area (Å²) in [5, 5.41) is 2.98. The third-order valence-corrected chi connectivity index (χ3v) is 2.97. The lowest BCUT2D eigenvalue weighted by molar-refractivity contribution is -0.114. The summed E-state index contributed by atoms with van der Waals surface area (Å²) < 4.78 is 19.0. The average molecular weight is 294 g/mol. The molecule has 0 spiro atoms. The standard InChI is InChI=1S/C15H13ClFNO2/c1-10(19)18-11-5-7-12(8-6-11)20-9-13-14(16)3-2-4-15(13)17/h2-8H,9H2,1H3,(H,18,19). The first kappa shape index (κ1) is 14.3. The molecule has 0 aliphatic rings. The quantitative estimate of drug-likeness (QED) is 0.925. The lowest BCUT2D eigenvalue weighted by Crippen LogP contribution is -2.05. The number of rotatable bonds is 4. The van der Waals surface area contributed by atoms with E-state index in [0.29, 0.717) is 22.0 Å². The summed E-state index contributed by atoms with van der Waals surface area (Å²) in [6.45, 7) is 1.48. The topological polar surface area (TPSA) is 38.3 Å². The lowest BCUT2D eigenvalue weighted by atomic mass is 10.2. The van der Waals surface area contributed by atoms with Gasteiger partial charge < -0.3 is 10.1 Å². The number of ether oxygens (including phenoxy) is 1. The van der Waals surface area contributed by atoms with Crippen LogP contribution in [0.2, 0.25) is 5.02 Å². The maximum Gasteiger partial charge on any atom is 0.221 e. The first-order valence-corrected chi connectivity index (χ1v) is 6.37. The van der Waals surface area contributed by atoms with Gasteiger partial charge in [0.1, 0.15) is 18.2 Å². The van der Waals surface area contributed by atoms with E-state index in [2.05, 4.69) is 5.32 Å². The smallest absolute Gasteiger partial charge is 0.221 e. The van der Waals surface area contributed by atoms with E-state index in [0.717, 1.165) is 0 Å². The van der Waals surface area contributed by atoms with E-state index in [1.54, 1.807) is 36.4 Å². The van der Waals surface area contributed by atoms with Crippen molar-refractivity contribution in [2.75, 3.05) is 5.32 Å². The molecule has 0 atom stereocenters. The van der Waals surface area contributed by atoms with Gasteiger partial charge in [0.25, 0.3) is 0 Å². The lowest BCUT2D eigenvalue weighted by Gasteiger charge is -2.09. The van der Waals surface area contributed by atoms with E-state index in [-0.39, 0.29) is 12.5 Å². The van der Waals surface area contributed by atoms with Gasteiger partial charge in [-0.25, -0.2) is 4.39 Å². The van der Waals surface area contributed by atoms with Crippen molar-refractivity contribution >= 4 is 23.2 Å². The predicted molar refractivity (Wildman–Crippen MR) is 76.5 cm³/mol. The highest BCUT2D eigenvalue weighted by molar-refractivity contribution is 6.31. The highest BCUT2D eigenvalue weighted by atomic mass is 35.5. The van der Waals surface area contributed by atoms with Crippen molar-refractivity contribution in [1.82, 2.24) is 0 Å². The maximum absolute atomic E-state index is 13.5. The van der Waals surface area contributed by atoms with Crippen molar-refractivity contribution in [1.29, 1.82) is 0 Å². The molecule has 3 nitrogen and oxygen atoms in total. The summed E-state index contributed by atoms with van der Waals surface area (Å²) >= 11 is 5.91. The summed E-state index contributed by atoms with van der Waals surface area (Å²) in [5.41, 5.74) is 0.994. The van der Waals surface area contributed by atoms with E-state index in [9.17, 15) is 9.18 Å². The molecule has 5 heteroatoms. The number of hydrogen-bond acceptors (Lipinski definition) is 2. The average Bonchev–Trinajstić information content (AvgIpc) is 2.39. The number of carbonyl (C=O) groups excluding carboxylic acids is 1. The molecule has 2 aromatic carbocycles. The number of nitrogens with one attached hydrogen (secondary N) is 1. The molecule has 0 unspecified atom stereocenters. The molecule has 20 heavy (non-hydrogen) atoms. The molecule has 0 bridgehead atoms. The van der Waals surface area contributed by atoms with E-state index < -0.39 is 5.82 Å². The number of anilines is 1. The Morgan fingerprint density at radius 1 is 1.25 bits per heavy atom. The molecule has 0 saturated heterocycles. The zero-order valence-electron chi connectivity index (χ0n) is 10.8. The summed E-state index contributed by atoms with van der Waals surface area (Å²) in [6.07, 6.45) is 0. The second kappa shape index (κ2) is 6.39. The molecule has 2 aromatic rings. The molecule has 0 aliphatic carbocycles. The minimum Gasteiger partial charge on any atom is -0.489 e. The third kappa shape index (κ3) is 3.71. The van der Waals surface area contributed by atoms with Gasteiger partial charge in [-0.05, 0) is 36.4 Å². The monoisotopic (exact) mass is 293 g/mol. The summed E-state index contributed by atoms with van der Waals surface area (Å²) in [6, 6.07) is 11.3. The first-order valence-electron chi connectivity index (χ1n) is 5.99. The largest absolute Gasteiger partial charge is 0.489 e. The van der Waals surface area contributed by atoms with E-state index in [4.69, 9.17) is 16.3 Å². The van der Waals surface area contributed by atoms with Crippen LogP contribution in [0.4, 0.5) is 10.1 Å². The van der Waals surface area contributed by atoms with Gasteiger partial charge in [0.15, 0.2) is 0 Å². The molecular formula is C15H13ClFNO2.